The van der Waals surface area contributed by atoms with Gasteiger partial charge < -0.3 is 4.90 Å². The van der Waals surface area contributed by atoms with Crippen molar-refractivity contribution in [3.63, 3.8) is 0 Å². The minimum Gasteiger partial charge on any atom is -0.378 e. The fourth-order valence-electron chi connectivity index (χ4n) is 3.22. The third kappa shape index (κ3) is 3.29. The Balaban J connectivity index is 1.67. The van der Waals surface area contributed by atoms with Crippen LogP contribution >= 0.6 is 0 Å². The zero-order chi connectivity index (χ0) is 18.8. The van der Waals surface area contributed by atoms with Crippen LogP contribution in [0.1, 0.15) is 10.4 Å². The molecule has 0 saturated heterocycles. The molecule has 1 heterocycles. The number of anilines is 1. The Morgan fingerprint density at radius 2 is 1.56 bits per heavy atom. The van der Waals surface area contributed by atoms with E-state index in [1.54, 1.807) is 4.68 Å². The number of nitrogens with zero attached hydrogens (tertiary/aromatic N) is 2. The number of amides is 1. The zero-order valence-electron chi connectivity index (χ0n) is 15.4. The van der Waals surface area contributed by atoms with E-state index in [2.05, 4.69) is 22.5 Å². The molecule has 27 heavy (non-hydrogen) atoms. The Hall–Kier alpha value is -3.53. The van der Waals surface area contributed by atoms with E-state index in [0.717, 1.165) is 27.7 Å². The van der Waals surface area contributed by atoms with E-state index in [4.69, 9.17) is 0 Å². The standard InChI is InChI=1S/C23H21N3O/c1-25(2)19-13-11-17(12-14-19)20-8-4-5-9-21(20)23(27)24-26-16-15-18-7-3-6-10-22(18)26/h3-16H,1-2H3,(H,24,27). The van der Waals surface area contributed by atoms with Gasteiger partial charge in [-0.15, -0.1) is 0 Å². The first kappa shape index (κ1) is 16.9. The number of carbonyl (C=O) groups excluding carboxylic acids is 1. The van der Waals surface area contributed by atoms with Crippen LogP contribution in [0.15, 0.2) is 85.1 Å². The van der Waals surface area contributed by atoms with Crippen molar-refractivity contribution >= 4 is 22.5 Å². The molecule has 0 bridgehead atoms. The van der Waals surface area contributed by atoms with Crippen molar-refractivity contribution < 1.29 is 4.79 Å². The van der Waals surface area contributed by atoms with Crippen LogP contribution in [0.25, 0.3) is 22.0 Å². The number of hydrogen-bond donors (Lipinski definition) is 1. The summed E-state index contributed by atoms with van der Waals surface area (Å²) in [5.74, 6) is -0.136. The number of hydrogen-bond acceptors (Lipinski definition) is 2. The van der Waals surface area contributed by atoms with E-state index < -0.39 is 0 Å². The number of nitrogens with one attached hydrogen (secondary N) is 1. The molecule has 3 aromatic carbocycles. The molecule has 0 unspecified atom stereocenters. The molecule has 4 aromatic rings. The van der Waals surface area contributed by atoms with E-state index in [0.29, 0.717) is 5.56 Å². The fraction of sp³-hybridized carbons (Fsp3) is 0.0870. The average molecular weight is 355 g/mol. The number of aromatic nitrogens is 1. The highest BCUT2D eigenvalue weighted by Crippen LogP contribution is 2.26. The quantitative estimate of drug-likeness (QED) is 0.573. The molecule has 0 atom stereocenters. The van der Waals surface area contributed by atoms with Crippen molar-refractivity contribution in [1.29, 1.82) is 0 Å². The van der Waals surface area contributed by atoms with Gasteiger partial charge in [-0.1, -0.05) is 48.5 Å². The van der Waals surface area contributed by atoms with Gasteiger partial charge in [-0.25, -0.2) is 0 Å². The summed E-state index contributed by atoms with van der Waals surface area (Å²) < 4.78 is 1.77. The minimum atomic E-state index is -0.136. The van der Waals surface area contributed by atoms with Gasteiger partial charge in [0.25, 0.3) is 5.91 Å². The molecular weight excluding hydrogens is 334 g/mol. The number of carbonyl (C=O) groups is 1. The van der Waals surface area contributed by atoms with E-state index in [1.807, 2.05) is 87.0 Å². The predicted octanol–water partition coefficient (Wildman–Crippen LogP) is 4.76. The van der Waals surface area contributed by atoms with Crippen LogP contribution in [0.5, 0.6) is 0 Å². The lowest BCUT2D eigenvalue weighted by Crippen LogP contribution is -2.22. The highest BCUT2D eigenvalue weighted by atomic mass is 16.2. The van der Waals surface area contributed by atoms with Gasteiger partial charge in [-0.05, 0) is 41.5 Å². The molecule has 4 rings (SSSR count). The highest BCUT2D eigenvalue weighted by molar-refractivity contribution is 6.06. The van der Waals surface area contributed by atoms with Crippen LogP contribution < -0.4 is 10.3 Å². The number of para-hydroxylation sites is 1. The van der Waals surface area contributed by atoms with Crippen LogP contribution in [0.4, 0.5) is 5.69 Å². The molecular formula is C23H21N3O. The van der Waals surface area contributed by atoms with Crippen LogP contribution in [0, 0.1) is 0 Å². The summed E-state index contributed by atoms with van der Waals surface area (Å²) in [6.07, 6.45) is 1.87. The van der Waals surface area contributed by atoms with Crippen molar-refractivity contribution in [2.24, 2.45) is 0 Å². The van der Waals surface area contributed by atoms with Gasteiger partial charge in [0.15, 0.2) is 0 Å². The van der Waals surface area contributed by atoms with Crippen LogP contribution in [0.3, 0.4) is 0 Å². The minimum absolute atomic E-state index is 0.136. The van der Waals surface area contributed by atoms with Crippen molar-refractivity contribution in [2.45, 2.75) is 0 Å². The van der Waals surface area contributed by atoms with Gasteiger partial charge in [0.2, 0.25) is 0 Å². The van der Waals surface area contributed by atoms with Crippen LogP contribution in [-0.4, -0.2) is 24.7 Å². The smallest absolute Gasteiger partial charge is 0.270 e. The SMILES string of the molecule is CN(C)c1ccc(-c2ccccc2C(=O)Nn2ccc3ccccc32)cc1. The molecule has 134 valence electrons. The van der Waals surface area contributed by atoms with E-state index in [9.17, 15) is 4.79 Å². The molecule has 0 aliphatic heterocycles. The molecule has 0 radical (unpaired) electrons. The van der Waals surface area contributed by atoms with E-state index in [-0.39, 0.29) is 5.91 Å². The maximum atomic E-state index is 13.0. The topological polar surface area (TPSA) is 37.3 Å². The molecule has 1 amide bonds. The molecule has 0 saturated carbocycles. The number of rotatable bonds is 4. The molecule has 0 aliphatic rings. The predicted molar refractivity (Wildman–Crippen MR) is 112 cm³/mol. The van der Waals surface area contributed by atoms with Gasteiger partial charge in [0.1, 0.15) is 0 Å². The lowest BCUT2D eigenvalue weighted by molar-refractivity contribution is 0.101. The van der Waals surface area contributed by atoms with Crippen molar-refractivity contribution in [1.82, 2.24) is 4.68 Å². The average Bonchev–Trinajstić information content (AvgIpc) is 3.11. The summed E-state index contributed by atoms with van der Waals surface area (Å²) in [5.41, 5.74) is 7.66. The van der Waals surface area contributed by atoms with Gasteiger partial charge in [-0.2, -0.15) is 0 Å². The zero-order valence-corrected chi connectivity index (χ0v) is 15.4. The molecule has 1 aromatic heterocycles. The highest BCUT2D eigenvalue weighted by Gasteiger charge is 2.13. The summed E-state index contributed by atoms with van der Waals surface area (Å²) in [6.45, 7) is 0. The molecule has 0 spiro atoms. The van der Waals surface area contributed by atoms with Crippen molar-refractivity contribution in [3.05, 3.63) is 90.6 Å². The lowest BCUT2D eigenvalue weighted by atomic mass is 9.99. The van der Waals surface area contributed by atoms with Crippen LogP contribution in [0.2, 0.25) is 0 Å². The normalized spacial score (nSPS) is 10.7. The Bertz CT molecular complexity index is 1090. The molecule has 4 heteroatoms. The first-order valence-corrected chi connectivity index (χ1v) is 8.88. The van der Waals surface area contributed by atoms with E-state index in [1.165, 1.54) is 0 Å². The second-order valence-electron chi connectivity index (χ2n) is 6.67. The summed E-state index contributed by atoms with van der Waals surface area (Å²) in [7, 11) is 4.02. The van der Waals surface area contributed by atoms with Crippen molar-refractivity contribution in [2.75, 3.05) is 24.4 Å². The Morgan fingerprint density at radius 3 is 2.33 bits per heavy atom. The first-order chi connectivity index (χ1) is 13.1. The molecule has 0 fully saturated rings. The van der Waals surface area contributed by atoms with Crippen molar-refractivity contribution in [3.8, 4) is 11.1 Å². The summed E-state index contributed by atoms with van der Waals surface area (Å²) in [6, 6.07) is 25.8. The Kier molecular flexibility index (Phi) is 4.38. The summed E-state index contributed by atoms with van der Waals surface area (Å²) in [5, 5.41) is 1.09. The maximum absolute atomic E-state index is 13.0. The summed E-state index contributed by atoms with van der Waals surface area (Å²) >= 11 is 0. The van der Waals surface area contributed by atoms with Gasteiger partial charge in [0.05, 0.1) is 5.52 Å². The maximum Gasteiger partial charge on any atom is 0.270 e. The largest absolute Gasteiger partial charge is 0.378 e. The second kappa shape index (κ2) is 7.00. The Labute approximate surface area is 158 Å². The first-order valence-electron chi connectivity index (χ1n) is 8.88. The Morgan fingerprint density at radius 1 is 0.852 bits per heavy atom. The van der Waals surface area contributed by atoms with Crippen LogP contribution in [-0.2, 0) is 0 Å². The van der Waals surface area contributed by atoms with Gasteiger partial charge in [0, 0.05) is 36.9 Å². The third-order valence-corrected chi connectivity index (χ3v) is 4.69. The molecule has 1 N–H and O–H groups in total. The monoisotopic (exact) mass is 355 g/mol. The lowest BCUT2D eigenvalue weighted by Gasteiger charge is -2.15. The third-order valence-electron chi connectivity index (χ3n) is 4.69. The number of benzene rings is 3. The van der Waals surface area contributed by atoms with Gasteiger partial charge in [-0.3, -0.25) is 14.9 Å². The number of fused-ring (bicyclic) bond motifs is 1. The molecule has 4 nitrogen and oxygen atoms in total. The van der Waals surface area contributed by atoms with Gasteiger partial charge >= 0.3 is 0 Å². The molecule has 0 aliphatic carbocycles. The van der Waals surface area contributed by atoms with E-state index >= 15 is 0 Å². The second-order valence-corrected chi connectivity index (χ2v) is 6.67. The fourth-order valence-corrected chi connectivity index (χ4v) is 3.22. The summed E-state index contributed by atoms with van der Waals surface area (Å²) in [4.78, 5) is 15.0.